The molecule has 0 aliphatic heterocycles. The van der Waals surface area contributed by atoms with Crippen molar-refractivity contribution in [2.45, 2.75) is 38.4 Å². The number of carbonyl (C=O) groups excluding carboxylic acids is 2. The zero-order valence-electron chi connectivity index (χ0n) is 19.6. The predicted molar refractivity (Wildman–Crippen MR) is 129 cm³/mol. The highest BCUT2D eigenvalue weighted by molar-refractivity contribution is 7.99. The van der Waals surface area contributed by atoms with Crippen LogP contribution in [-0.2, 0) is 23.2 Å². The number of thioether (sulfide) groups is 1. The molecule has 0 atom stereocenters. The topological polar surface area (TPSA) is 98.1 Å². The molecule has 0 saturated heterocycles. The van der Waals surface area contributed by atoms with E-state index in [9.17, 15) is 14.0 Å². The monoisotopic (exact) mass is 485 g/mol. The molecule has 180 valence electrons. The number of benzene rings is 2. The second-order valence-corrected chi connectivity index (χ2v) is 8.99. The second-order valence-electron chi connectivity index (χ2n) is 8.04. The number of ether oxygens (including phenoxy) is 1. The number of aryl methyl sites for hydroxylation is 1. The largest absolute Gasteiger partial charge is 0.484 e. The highest BCUT2D eigenvalue weighted by Gasteiger charge is 2.13. The van der Waals surface area contributed by atoms with E-state index in [0.29, 0.717) is 28.3 Å². The van der Waals surface area contributed by atoms with E-state index >= 15 is 0 Å². The van der Waals surface area contributed by atoms with Crippen molar-refractivity contribution in [1.82, 2.24) is 20.1 Å². The van der Waals surface area contributed by atoms with Gasteiger partial charge in [-0.05, 0) is 48.2 Å². The number of nitrogens with zero attached hydrogens (tertiary/aromatic N) is 3. The Hall–Kier alpha value is -3.40. The number of hydrogen-bond donors (Lipinski definition) is 2. The van der Waals surface area contributed by atoms with Crippen LogP contribution in [0.1, 0.15) is 36.7 Å². The maximum absolute atomic E-state index is 13.4. The zero-order chi connectivity index (χ0) is 24.7. The molecular formula is C24H28FN5O3S. The molecule has 0 aliphatic rings. The van der Waals surface area contributed by atoms with Crippen LogP contribution in [0.2, 0.25) is 0 Å². The van der Waals surface area contributed by atoms with Gasteiger partial charge in [0.05, 0.1) is 12.3 Å². The SMILES string of the molecule is Cc1ccc(F)cc1NC(=O)CSc1nnc(CNC(=O)COc2ccc(C(C)C)cc2)n1C. The molecule has 0 saturated carbocycles. The van der Waals surface area contributed by atoms with Crippen molar-refractivity contribution in [2.24, 2.45) is 7.05 Å². The third-order valence-electron chi connectivity index (χ3n) is 5.09. The van der Waals surface area contributed by atoms with Gasteiger partial charge in [-0.15, -0.1) is 10.2 Å². The van der Waals surface area contributed by atoms with E-state index < -0.39 is 5.82 Å². The lowest BCUT2D eigenvalue weighted by Gasteiger charge is -2.10. The van der Waals surface area contributed by atoms with Crippen LogP contribution in [0.25, 0.3) is 0 Å². The molecule has 0 aliphatic carbocycles. The molecule has 0 bridgehead atoms. The van der Waals surface area contributed by atoms with Gasteiger partial charge in [0.1, 0.15) is 11.6 Å². The van der Waals surface area contributed by atoms with Crippen LogP contribution in [0.4, 0.5) is 10.1 Å². The summed E-state index contributed by atoms with van der Waals surface area (Å²) < 4.78 is 20.6. The molecule has 0 fully saturated rings. The summed E-state index contributed by atoms with van der Waals surface area (Å²) in [6, 6.07) is 11.9. The van der Waals surface area contributed by atoms with E-state index in [-0.39, 0.29) is 30.7 Å². The Bertz CT molecular complexity index is 1150. The number of hydrogen-bond acceptors (Lipinski definition) is 6. The first-order valence-electron chi connectivity index (χ1n) is 10.8. The van der Waals surface area contributed by atoms with Crippen LogP contribution >= 0.6 is 11.8 Å². The number of nitrogens with one attached hydrogen (secondary N) is 2. The molecule has 3 aromatic rings. The first-order chi connectivity index (χ1) is 16.2. The first-order valence-corrected chi connectivity index (χ1v) is 11.8. The van der Waals surface area contributed by atoms with Gasteiger partial charge in [0.25, 0.3) is 5.91 Å². The van der Waals surface area contributed by atoms with Crippen molar-refractivity contribution in [2.75, 3.05) is 17.7 Å². The highest BCUT2D eigenvalue weighted by atomic mass is 32.2. The van der Waals surface area contributed by atoms with Crippen molar-refractivity contribution >= 4 is 29.3 Å². The molecule has 1 heterocycles. The van der Waals surface area contributed by atoms with E-state index in [1.807, 2.05) is 24.3 Å². The Morgan fingerprint density at radius 3 is 2.56 bits per heavy atom. The average molecular weight is 486 g/mol. The van der Waals surface area contributed by atoms with Crippen LogP contribution in [0.3, 0.4) is 0 Å². The molecule has 2 amide bonds. The van der Waals surface area contributed by atoms with Crippen molar-refractivity contribution in [3.8, 4) is 5.75 Å². The fourth-order valence-electron chi connectivity index (χ4n) is 3.00. The van der Waals surface area contributed by atoms with Crippen LogP contribution in [0.5, 0.6) is 5.75 Å². The van der Waals surface area contributed by atoms with Crippen molar-refractivity contribution < 1.29 is 18.7 Å². The summed E-state index contributed by atoms with van der Waals surface area (Å²) >= 11 is 1.20. The first kappa shape index (κ1) is 25.2. The Balaban J connectivity index is 1.44. The van der Waals surface area contributed by atoms with Gasteiger partial charge in [-0.2, -0.15) is 0 Å². The summed E-state index contributed by atoms with van der Waals surface area (Å²) in [6.45, 7) is 6.08. The summed E-state index contributed by atoms with van der Waals surface area (Å²) in [5.74, 6) is 0.701. The van der Waals surface area contributed by atoms with Gasteiger partial charge in [0.2, 0.25) is 5.91 Å². The Morgan fingerprint density at radius 2 is 1.85 bits per heavy atom. The number of anilines is 1. The van der Waals surface area contributed by atoms with Crippen molar-refractivity contribution in [1.29, 1.82) is 0 Å². The van der Waals surface area contributed by atoms with E-state index in [1.54, 1.807) is 24.6 Å². The van der Waals surface area contributed by atoms with Gasteiger partial charge < -0.3 is 19.9 Å². The standard InChI is InChI=1S/C24H28FN5O3S/c1-15(2)17-6-9-19(10-7-17)33-13-22(31)26-12-21-28-29-24(30(21)4)34-14-23(32)27-20-11-18(25)8-5-16(20)3/h5-11,15H,12-14H2,1-4H3,(H,26,31)(H,27,32). The number of rotatable bonds is 10. The summed E-state index contributed by atoms with van der Waals surface area (Å²) in [6.07, 6.45) is 0. The fourth-order valence-corrected chi connectivity index (χ4v) is 3.73. The molecule has 10 heteroatoms. The molecule has 0 spiro atoms. The molecule has 0 unspecified atom stereocenters. The highest BCUT2D eigenvalue weighted by Crippen LogP contribution is 2.20. The minimum Gasteiger partial charge on any atom is -0.484 e. The fraction of sp³-hybridized carbons (Fsp3) is 0.333. The Morgan fingerprint density at radius 1 is 1.12 bits per heavy atom. The second kappa shape index (κ2) is 11.6. The predicted octanol–water partition coefficient (Wildman–Crippen LogP) is 3.81. The van der Waals surface area contributed by atoms with Gasteiger partial charge in [-0.3, -0.25) is 9.59 Å². The maximum Gasteiger partial charge on any atom is 0.258 e. The van der Waals surface area contributed by atoms with Gasteiger partial charge in [-0.1, -0.05) is 43.8 Å². The van der Waals surface area contributed by atoms with Crippen molar-refractivity contribution in [3.63, 3.8) is 0 Å². The third-order valence-corrected chi connectivity index (χ3v) is 6.11. The van der Waals surface area contributed by atoms with Crippen LogP contribution < -0.4 is 15.4 Å². The smallest absolute Gasteiger partial charge is 0.258 e. The molecule has 2 N–H and O–H groups in total. The van der Waals surface area contributed by atoms with Crippen LogP contribution in [0, 0.1) is 12.7 Å². The van der Waals surface area contributed by atoms with Gasteiger partial charge in [-0.25, -0.2) is 4.39 Å². The normalized spacial score (nSPS) is 10.9. The average Bonchev–Trinajstić information content (AvgIpc) is 3.16. The summed E-state index contributed by atoms with van der Waals surface area (Å²) in [5, 5.41) is 14.1. The Labute approximate surface area is 202 Å². The Kier molecular flexibility index (Phi) is 8.64. The third kappa shape index (κ3) is 7.05. The lowest BCUT2D eigenvalue weighted by Crippen LogP contribution is -2.29. The molecule has 8 nitrogen and oxygen atoms in total. The molecule has 1 aromatic heterocycles. The summed E-state index contributed by atoms with van der Waals surface area (Å²) in [5.41, 5.74) is 2.41. The molecule has 2 aromatic carbocycles. The van der Waals surface area contributed by atoms with Gasteiger partial charge >= 0.3 is 0 Å². The van der Waals surface area contributed by atoms with Crippen molar-refractivity contribution in [3.05, 3.63) is 65.2 Å². The van der Waals surface area contributed by atoms with Crippen LogP contribution in [-0.4, -0.2) is 38.9 Å². The molecular weight excluding hydrogens is 457 g/mol. The number of amides is 2. The van der Waals surface area contributed by atoms with Gasteiger partial charge in [0.15, 0.2) is 17.6 Å². The van der Waals surface area contributed by atoms with E-state index in [1.165, 1.54) is 29.5 Å². The van der Waals surface area contributed by atoms with Gasteiger partial charge in [0, 0.05) is 12.7 Å². The lowest BCUT2D eigenvalue weighted by atomic mass is 10.0. The van der Waals surface area contributed by atoms with Crippen LogP contribution in [0.15, 0.2) is 47.6 Å². The zero-order valence-corrected chi connectivity index (χ0v) is 20.4. The van der Waals surface area contributed by atoms with E-state index in [4.69, 9.17) is 4.74 Å². The lowest BCUT2D eigenvalue weighted by molar-refractivity contribution is -0.123. The summed E-state index contributed by atoms with van der Waals surface area (Å²) in [7, 11) is 1.76. The number of aromatic nitrogens is 3. The minimum atomic E-state index is -0.414. The molecule has 34 heavy (non-hydrogen) atoms. The summed E-state index contributed by atoms with van der Waals surface area (Å²) in [4.78, 5) is 24.4. The van der Waals surface area contributed by atoms with E-state index in [2.05, 4.69) is 34.7 Å². The number of carbonyl (C=O) groups is 2. The molecule has 3 rings (SSSR count). The minimum absolute atomic E-state index is 0.0811. The number of halogens is 1. The van der Waals surface area contributed by atoms with E-state index in [0.717, 1.165) is 5.56 Å². The maximum atomic E-state index is 13.4. The quantitative estimate of drug-likeness (QED) is 0.424. The molecule has 0 radical (unpaired) electrons.